The fourth-order valence-electron chi connectivity index (χ4n) is 7.49. The molecule has 1 aliphatic heterocycles. The molecule has 3 fully saturated rings. The number of hydrogen-bond acceptors (Lipinski definition) is 5. The van der Waals surface area contributed by atoms with Gasteiger partial charge in [-0.15, -0.1) is 0 Å². The highest BCUT2D eigenvalue weighted by atomic mass is 32.2. The van der Waals surface area contributed by atoms with Crippen LogP contribution in [0.15, 0.2) is 23.8 Å². The highest BCUT2D eigenvalue weighted by molar-refractivity contribution is 8.14. The zero-order valence-corrected chi connectivity index (χ0v) is 18.3. The van der Waals surface area contributed by atoms with Crippen LogP contribution in [0.25, 0.3) is 0 Å². The second-order valence-electron chi connectivity index (χ2n) is 10.3. The van der Waals surface area contributed by atoms with Gasteiger partial charge in [-0.3, -0.25) is 14.4 Å². The van der Waals surface area contributed by atoms with Crippen LogP contribution in [0.3, 0.4) is 0 Å². The largest absolute Gasteiger partial charge is 0.458 e. The first-order valence-electron chi connectivity index (χ1n) is 11.0. The zero-order chi connectivity index (χ0) is 20.6. The number of rotatable bonds is 1. The number of esters is 1. The minimum atomic E-state index is -0.374. The molecule has 4 nitrogen and oxygen atoms in total. The van der Waals surface area contributed by atoms with E-state index in [-0.39, 0.29) is 38.5 Å². The maximum atomic E-state index is 12.2. The monoisotopic (exact) mass is 414 g/mol. The van der Waals surface area contributed by atoms with Gasteiger partial charge < -0.3 is 4.74 Å². The fraction of sp³-hybridized carbons (Fsp3) is 0.708. The summed E-state index contributed by atoms with van der Waals surface area (Å²) < 4.78 is 6.00. The molecule has 0 amide bonds. The Morgan fingerprint density at radius 3 is 2.66 bits per heavy atom. The zero-order valence-electron chi connectivity index (χ0n) is 17.5. The lowest BCUT2D eigenvalue weighted by Gasteiger charge is -2.58. The first-order valence-corrected chi connectivity index (χ1v) is 11.9. The molecule has 1 heterocycles. The third-order valence-electron chi connectivity index (χ3n) is 9.05. The fourth-order valence-corrected chi connectivity index (χ4v) is 8.69. The van der Waals surface area contributed by atoms with Gasteiger partial charge in [-0.25, -0.2) is 0 Å². The van der Waals surface area contributed by atoms with Gasteiger partial charge in [-0.1, -0.05) is 43.3 Å². The average molecular weight is 415 g/mol. The Morgan fingerprint density at radius 2 is 1.97 bits per heavy atom. The van der Waals surface area contributed by atoms with E-state index in [9.17, 15) is 14.4 Å². The normalized spacial score (nSPS) is 48.0. The molecule has 2 saturated carbocycles. The number of thioether (sulfide) groups is 1. The maximum absolute atomic E-state index is 12.2. The van der Waals surface area contributed by atoms with Crippen molar-refractivity contribution in [3.8, 4) is 0 Å². The maximum Gasteiger partial charge on any atom is 0.306 e. The Morgan fingerprint density at radius 1 is 1.17 bits per heavy atom. The topological polar surface area (TPSA) is 60.4 Å². The summed E-state index contributed by atoms with van der Waals surface area (Å²) in [7, 11) is 0. The third kappa shape index (κ3) is 2.62. The summed E-state index contributed by atoms with van der Waals surface area (Å²) in [5.74, 6) is 1.26. The number of allylic oxidation sites excluding steroid dienone is 3. The van der Waals surface area contributed by atoms with Gasteiger partial charge in [0.2, 0.25) is 0 Å². The molecule has 0 aromatic rings. The summed E-state index contributed by atoms with van der Waals surface area (Å²) in [6.45, 7) is 6.26. The minimum Gasteiger partial charge on any atom is -0.458 e. The lowest BCUT2D eigenvalue weighted by Crippen LogP contribution is -2.55. The number of fused-ring (bicyclic) bond motifs is 6. The smallest absolute Gasteiger partial charge is 0.306 e. The van der Waals surface area contributed by atoms with Crippen molar-refractivity contribution in [1.82, 2.24) is 0 Å². The van der Waals surface area contributed by atoms with Crippen LogP contribution in [0.5, 0.6) is 0 Å². The molecule has 0 N–H and O–H groups in total. The Bertz CT molecular complexity index is 859. The van der Waals surface area contributed by atoms with Gasteiger partial charge in [0.15, 0.2) is 10.9 Å². The Kier molecular flexibility index (Phi) is 4.27. The predicted octanol–water partition coefficient (Wildman–Crippen LogP) is 4.63. The number of carbonyl (C=O) groups is 3. The molecular formula is C24H30O4S. The van der Waals surface area contributed by atoms with E-state index >= 15 is 0 Å². The number of carbonyl (C=O) groups excluding carboxylic acids is 3. The lowest BCUT2D eigenvalue weighted by atomic mass is 9.48. The van der Waals surface area contributed by atoms with Crippen LogP contribution in [-0.4, -0.2) is 27.7 Å². The Hall–Kier alpha value is -1.36. The predicted molar refractivity (Wildman–Crippen MR) is 112 cm³/mol. The minimum absolute atomic E-state index is 0.00758. The quantitative estimate of drug-likeness (QED) is 0.462. The SMILES string of the molecule is CC(=O)S[C@@H]1CC2=CC(=O)CCC2(C)C2C=CC3(C)C(CC[C@@]34CCC(=O)O4)C21. The van der Waals surface area contributed by atoms with Gasteiger partial charge >= 0.3 is 5.97 Å². The van der Waals surface area contributed by atoms with Crippen LogP contribution in [0.4, 0.5) is 0 Å². The summed E-state index contributed by atoms with van der Waals surface area (Å²) in [6, 6.07) is 0. The molecule has 0 aromatic carbocycles. The van der Waals surface area contributed by atoms with Crippen LogP contribution in [-0.2, 0) is 19.1 Å². The van der Waals surface area contributed by atoms with E-state index in [2.05, 4.69) is 26.0 Å². The molecule has 29 heavy (non-hydrogen) atoms. The highest BCUT2D eigenvalue weighted by Crippen LogP contribution is 2.68. The molecule has 5 aliphatic rings. The van der Waals surface area contributed by atoms with Crippen molar-refractivity contribution in [3.63, 3.8) is 0 Å². The standard InChI is InChI=1S/C24H30O4S/c1-14(25)29-19-13-15-12-16(26)4-8-22(15,2)17-5-9-23(3)18(21(17)19)6-10-24(23)11-7-20(27)28-24/h5,9,12,17-19,21H,4,6-8,10-11,13H2,1-3H3/t17?,18?,19-,21?,22?,23?,24-/m1/s1. The van der Waals surface area contributed by atoms with Gasteiger partial charge in [0, 0.05) is 30.4 Å². The molecule has 7 atom stereocenters. The van der Waals surface area contributed by atoms with Crippen molar-refractivity contribution >= 4 is 28.6 Å². The van der Waals surface area contributed by atoms with E-state index in [4.69, 9.17) is 4.74 Å². The van der Waals surface area contributed by atoms with Gasteiger partial charge in [0.25, 0.3) is 0 Å². The van der Waals surface area contributed by atoms with E-state index in [1.165, 1.54) is 17.3 Å². The molecule has 1 spiro atoms. The Labute approximate surface area is 176 Å². The van der Waals surface area contributed by atoms with Crippen molar-refractivity contribution in [2.75, 3.05) is 0 Å². The van der Waals surface area contributed by atoms with Gasteiger partial charge in [-0.05, 0) is 61.3 Å². The summed E-state index contributed by atoms with van der Waals surface area (Å²) in [5, 5.41) is 0.334. The molecule has 5 unspecified atom stereocenters. The second kappa shape index (κ2) is 6.32. The third-order valence-corrected chi connectivity index (χ3v) is 10.2. The highest BCUT2D eigenvalue weighted by Gasteiger charge is 2.67. The van der Waals surface area contributed by atoms with Crippen molar-refractivity contribution in [2.45, 2.75) is 76.6 Å². The van der Waals surface area contributed by atoms with Crippen molar-refractivity contribution in [3.05, 3.63) is 23.8 Å². The molecule has 5 heteroatoms. The first kappa shape index (κ1) is 19.6. The van der Waals surface area contributed by atoms with Crippen LogP contribution < -0.4 is 0 Å². The lowest BCUT2D eigenvalue weighted by molar-refractivity contribution is -0.157. The van der Waals surface area contributed by atoms with Crippen LogP contribution in [0.2, 0.25) is 0 Å². The molecule has 0 bridgehead atoms. The van der Waals surface area contributed by atoms with Crippen molar-refractivity contribution < 1.29 is 19.1 Å². The van der Waals surface area contributed by atoms with Gasteiger partial charge in [0.05, 0.1) is 0 Å². The van der Waals surface area contributed by atoms with Gasteiger partial charge in [0.1, 0.15) is 5.60 Å². The van der Waals surface area contributed by atoms with Crippen LogP contribution in [0.1, 0.15) is 65.7 Å². The summed E-state index contributed by atoms with van der Waals surface area (Å²) in [6.07, 6.45) is 12.2. The van der Waals surface area contributed by atoms with Crippen molar-refractivity contribution in [2.24, 2.45) is 28.6 Å². The summed E-state index contributed by atoms with van der Waals surface area (Å²) in [5.41, 5.74) is 0.688. The summed E-state index contributed by atoms with van der Waals surface area (Å²) >= 11 is 1.46. The van der Waals surface area contributed by atoms with Crippen LogP contribution >= 0.6 is 11.8 Å². The van der Waals surface area contributed by atoms with E-state index in [1.807, 2.05) is 6.08 Å². The Balaban J connectivity index is 1.60. The molecule has 4 aliphatic carbocycles. The first-order chi connectivity index (χ1) is 13.7. The number of ketones is 1. The van der Waals surface area contributed by atoms with E-state index in [1.54, 1.807) is 6.92 Å². The van der Waals surface area contributed by atoms with E-state index < -0.39 is 0 Å². The van der Waals surface area contributed by atoms with Crippen LogP contribution in [0, 0.1) is 28.6 Å². The molecule has 0 aromatic heterocycles. The molecule has 1 saturated heterocycles. The average Bonchev–Trinajstić information content (AvgIpc) is 3.17. The molecule has 156 valence electrons. The van der Waals surface area contributed by atoms with Crippen molar-refractivity contribution in [1.29, 1.82) is 0 Å². The second-order valence-corrected chi connectivity index (χ2v) is 11.7. The van der Waals surface area contributed by atoms with E-state index in [0.717, 1.165) is 32.1 Å². The number of ether oxygens (including phenoxy) is 1. The molecular weight excluding hydrogens is 384 g/mol. The molecule has 0 radical (unpaired) electrons. The van der Waals surface area contributed by atoms with E-state index in [0.29, 0.717) is 30.6 Å². The summed E-state index contributed by atoms with van der Waals surface area (Å²) in [4.78, 5) is 36.4. The number of hydrogen-bond donors (Lipinski definition) is 0. The molecule has 5 rings (SSSR count). The van der Waals surface area contributed by atoms with Gasteiger partial charge in [-0.2, -0.15) is 0 Å².